The van der Waals surface area contributed by atoms with E-state index in [4.69, 9.17) is 16.9 Å². The second kappa shape index (κ2) is 6.03. The van der Waals surface area contributed by atoms with Gasteiger partial charge in [0.1, 0.15) is 6.07 Å². The summed E-state index contributed by atoms with van der Waals surface area (Å²) in [5, 5.41) is 9.48. The Labute approximate surface area is 125 Å². The highest BCUT2D eigenvalue weighted by Gasteiger charge is 2.26. The molecule has 20 heavy (non-hydrogen) atoms. The van der Waals surface area contributed by atoms with E-state index in [0.29, 0.717) is 10.6 Å². The highest BCUT2D eigenvalue weighted by molar-refractivity contribution is 6.32. The highest BCUT2D eigenvalue weighted by Crippen LogP contribution is 2.27. The van der Waals surface area contributed by atoms with Crippen molar-refractivity contribution < 1.29 is 0 Å². The smallest absolute Gasteiger partial charge is 0.101 e. The summed E-state index contributed by atoms with van der Waals surface area (Å²) in [7, 11) is 0. The van der Waals surface area contributed by atoms with Crippen LogP contribution in [0, 0.1) is 11.3 Å². The largest absolute Gasteiger partial charge is 0.369 e. The molecule has 0 bridgehead atoms. The summed E-state index contributed by atoms with van der Waals surface area (Å²) < 4.78 is 0. The number of rotatable bonds is 2. The minimum Gasteiger partial charge on any atom is -0.369 e. The van der Waals surface area contributed by atoms with E-state index in [9.17, 15) is 0 Å². The Morgan fingerprint density at radius 1 is 1.10 bits per heavy atom. The molecular formula is C16H20ClN3. The van der Waals surface area contributed by atoms with Crippen molar-refractivity contribution in [3.63, 3.8) is 0 Å². The number of benzene rings is 1. The van der Waals surface area contributed by atoms with Crippen LogP contribution in [0.4, 0.5) is 5.69 Å². The first-order chi connectivity index (χ1) is 9.78. The fourth-order valence-electron chi connectivity index (χ4n) is 3.41. The van der Waals surface area contributed by atoms with Crippen molar-refractivity contribution >= 4 is 17.3 Å². The molecule has 0 spiro atoms. The summed E-state index contributed by atoms with van der Waals surface area (Å²) in [6.07, 6.45) is 5.55. The van der Waals surface area contributed by atoms with Crippen LogP contribution in [-0.2, 0) is 0 Å². The molecule has 0 aromatic heterocycles. The molecule has 1 aliphatic heterocycles. The van der Waals surface area contributed by atoms with Gasteiger partial charge >= 0.3 is 0 Å². The second-order valence-corrected chi connectivity index (χ2v) is 6.14. The van der Waals surface area contributed by atoms with E-state index in [-0.39, 0.29) is 0 Å². The van der Waals surface area contributed by atoms with Crippen LogP contribution in [0.25, 0.3) is 0 Å². The predicted molar refractivity (Wildman–Crippen MR) is 82.2 cm³/mol. The average Bonchev–Trinajstić information content (AvgIpc) is 3.01. The zero-order valence-electron chi connectivity index (χ0n) is 11.7. The van der Waals surface area contributed by atoms with E-state index >= 15 is 0 Å². The highest BCUT2D eigenvalue weighted by atomic mass is 35.5. The molecule has 1 heterocycles. The summed E-state index contributed by atoms with van der Waals surface area (Å²) in [5.74, 6) is 0. The van der Waals surface area contributed by atoms with Gasteiger partial charge in [0.25, 0.3) is 0 Å². The van der Waals surface area contributed by atoms with Crippen molar-refractivity contribution in [1.29, 1.82) is 5.26 Å². The zero-order chi connectivity index (χ0) is 13.9. The molecule has 3 rings (SSSR count). The average molecular weight is 290 g/mol. The second-order valence-electron chi connectivity index (χ2n) is 5.74. The first-order valence-corrected chi connectivity index (χ1v) is 7.84. The summed E-state index contributed by atoms with van der Waals surface area (Å²) in [6.45, 7) is 4.39. The van der Waals surface area contributed by atoms with E-state index in [1.165, 1.54) is 25.7 Å². The molecule has 0 N–H and O–H groups in total. The fraction of sp³-hybridized carbons (Fsp3) is 0.562. The number of anilines is 1. The van der Waals surface area contributed by atoms with Gasteiger partial charge in [-0.15, -0.1) is 0 Å². The van der Waals surface area contributed by atoms with E-state index in [1.807, 2.05) is 18.2 Å². The number of nitrogens with zero attached hydrogens (tertiary/aromatic N) is 3. The van der Waals surface area contributed by atoms with Gasteiger partial charge in [0.15, 0.2) is 0 Å². The number of nitriles is 1. The molecule has 1 aromatic carbocycles. The van der Waals surface area contributed by atoms with Gasteiger partial charge in [-0.05, 0) is 31.0 Å². The topological polar surface area (TPSA) is 30.3 Å². The molecule has 2 aliphatic rings. The molecule has 0 atom stereocenters. The van der Waals surface area contributed by atoms with Crippen LogP contribution in [0.3, 0.4) is 0 Å². The number of piperazine rings is 1. The van der Waals surface area contributed by atoms with Crippen LogP contribution < -0.4 is 4.90 Å². The van der Waals surface area contributed by atoms with Crippen LogP contribution in [-0.4, -0.2) is 37.1 Å². The monoisotopic (exact) mass is 289 g/mol. The predicted octanol–water partition coefficient (Wildman–Crippen LogP) is 3.28. The van der Waals surface area contributed by atoms with Gasteiger partial charge in [-0.3, -0.25) is 4.90 Å². The Kier molecular flexibility index (Phi) is 4.14. The molecule has 3 nitrogen and oxygen atoms in total. The molecule has 2 fully saturated rings. The number of hydrogen-bond acceptors (Lipinski definition) is 3. The van der Waals surface area contributed by atoms with Crippen LogP contribution in [0.5, 0.6) is 0 Å². The third kappa shape index (κ3) is 2.77. The lowest BCUT2D eigenvalue weighted by Gasteiger charge is -2.39. The van der Waals surface area contributed by atoms with E-state index in [2.05, 4.69) is 15.9 Å². The maximum absolute atomic E-state index is 8.92. The fourth-order valence-corrected chi connectivity index (χ4v) is 3.62. The van der Waals surface area contributed by atoms with Crippen molar-refractivity contribution in [3.05, 3.63) is 28.8 Å². The van der Waals surface area contributed by atoms with Crippen molar-refractivity contribution in [2.45, 2.75) is 31.7 Å². The van der Waals surface area contributed by atoms with Crippen LogP contribution >= 0.6 is 11.6 Å². The van der Waals surface area contributed by atoms with Crippen molar-refractivity contribution in [3.8, 4) is 6.07 Å². The molecule has 1 aromatic rings. The molecule has 0 amide bonds. The molecular weight excluding hydrogens is 270 g/mol. The number of halogens is 1. The van der Waals surface area contributed by atoms with Gasteiger partial charge in [-0.25, -0.2) is 0 Å². The normalized spacial score (nSPS) is 21.1. The molecule has 106 valence electrons. The number of hydrogen-bond donors (Lipinski definition) is 0. The quantitative estimate of drug-likeness (QED) is 0.837. The van der Waals surface area contributed by atoms with Crippen molar-refractivity contribution in [1.82, 2.24) is 4.90 Å². The van der Waals surface area contributed by atoms with Gasteiger partial charge in [0.2, 0.25) is 0 Å². The van der Waals surface area contributed by atoms with Crippen LogP contribution in [0.1, 0.15) is 31.2 Å². The SMILES string of the molecule is N#Cc1ccc(N2CCN(C3CCCC3)CC2)cc1Cl. The maximum atomic E-state index is 8.92. The summed E-state index contributed by atoms with van der Waals surface area (Å²) in [4.78, 5) is 5.02. The lowest BCUT2D eigenvalue weighted by molar-refractivity contribution is 0.187. The Morgan fingerprint density at radius 3 is 2.40 bits per heavy atom. The Balaban J connectivity index is 1.63. The standard InChI is InChI=1S/C16H20ClN3/c17-16-11-15(6-5-13(16)12-18)20-9-7-19(8-10-20)14-3-1-2-4-14/h5-6,11,14H,1-4,7-10H2. The Morgan fingerprint density at radius 2 is 1.80 bits per heavy atom. The van der Waals surface area contributed by atoms with Crippen LogP contribution in [0.2, 0.25) is 5.02 Å². The molecule has 4 heteroatoms. The summed E-state index contributed by atoms with van der Waals surface area (Å²) in [5.41, 5.74) is 1.69. The summed E-state index contributed by atoms with van der Waals surface area (Å²) in [6, 6.07) is 8.68. The van der Waals surface area contributed by atoms with Gasteiger partial charge < -0.3 is 4.90 Å². The van der Waals surface area contributed by atoms with Gasteiger partial charge in [0, 0.05) is 37.9 Å². The molecule has 1 saturated carbocycles. The third-order valence-electron chi connectivity index (χ3n) is 4.59. The lowest BCUT2D eigenvalue weighted by Crippen LogP contribution is -2.49. The minimum atomic E-state index is 0.556. The molecule has 0 radical (unpaired) electrons. The first-order valence-electron chi connectivity index (χ1n) is 7.46. The van der Waals surface area contributed by atoms with Gasteiger partial charge in [-0.2, -0.15) is 5.26 Å². The molecule has 1 saturated heterocycles. The minimum absolute atomic E-state index is 0.556. The Hall–Kier alpha value is -1.24. The van der Waals surface area contributed by atoms with Gasteiger partial charge in [0.05, 0.1) is 10.6 Å². The lowest BCUT2D eigenvalue weighted by atomic mass is 10.1. The molecule has 0 unspecified atom stereocenters. The summed E-state index contributed by atoms with van der Waals surface area (Å²) >= 11 is 6.12. The molecule has 1 aliphatic carbocycles. The van der Waals surface area contributed by atoms with E-state index in [0.717, 1.165) is 37.9 Å². The zero-order valence-corrected chi connectivity index (χ0v) is 12.4. The first kappa shape index (κ1) is 13.7. The Bertz CT molecular complexity index is 509. The van der Waals surface area contributed by atoms with Crippen molar-refractivity contribution in [2.24, 2.45) is 0 Å². The van der Waals surface area contributed by atoms with E-state index < -0.39 is 0 Å². The third-order valence-corrected chi connectivity index (χ3v) is 4.91. The van der Waals surface area contributed by atoms with Gasteiger partial charge in [-0.1, -0.05) is 24.4 Å². The van der Waals surface area contributed by atoms with E-state index in [1.54, 1.807) is 0 Å². The van der Waals surface area contributed by atoms with Crippen molar-refractivity contribution in [2.75, 3.05) is 31.1 Å². The van der Waals surface area contributed by atoms with Crippen LogP contribution in [0.15, 0.2) is 18.2 Å². The maximum Gasteiger partial charge on any atom is 0.101 e.